The minimum atomic E-state index is -0.0547. The van der Waals surface area contributed by atoms with Gasteiger partial charge in [-0.1, -0.05) is 30.3 Å². The Hall–Kier alpha value is -2.93. The quantitative estimate of drug-likeness (QED) is 0.542. The Balaban J connectivity index is 1.93. The Bertz CT molecular complexity index is 1170. The van der Waals surface area contributed by atoms with Crippen molar-refractivity contribution in [1.82, 2.24) is 28.4 Å². The SMILES string of the molecule is Cc1nc2n(C)c3ncn(Cc4ccccc4)c3c(=O)n2c1CCN(C)C. The van der Waals surface area contributed by atoms with Gasteiger partial charge in [-0.2, -0.15) is 0 Å². The van der Waals surface area contributed by atoms with Crippen LogP contribution in [0.1, 0.15) is 17.0 Å². The van der Waals surface area contributed by atoms with Gasteiger partial charge in [-0.15, -0.1) is 0 Å². The fourth-order valence-corrected chi connectivity index (χ4v) is 3.54. The second-order valence-corrected chi connectivity index (χ2v) is 7.23. The van der Waals surface area contributed by atoms with Crippen molar-refractivity contribution in [3.63, 3.8) is 0 Å². The highest BCUT2D eigenvalue weighted by Crippen LogP contribution is 2.17. The molecule has 3 aromatic heterocycles. The van der Waals surface area contributed by atoms with Gasteiger partial charge in [0.15, 0.2) is 11.2 Å². The predicted molar refractivity (Wildman–Crippen MR) is 106 cm³/mol. The lowest BCUT2D eigenvalue weighted by atomic mass is 10.2. The van der Waals surface area contributed by atoms with Crippen molar-refractivity contribution in [2.75, 3.05) is 20.6 Å². The molecule has 0 aliphatic rings. The Morgan fingerprint density at radius 2 is 1.89 bits per heavy atom. The molecule has 1 aromatic carbocycles. The largest absolute Gasteiger partial charge is 0.320 e. The van der Waals surface area contributed by atoms with E-state index in [2.05, 4.69) is 27.0 Å². The molecule has 0 amide bonds. The zero-order chi connectivity index (χ0) is 19.1. The summed E-state index contributed by atoms with van der Waals surface area (Å²) in [4.78, 5) is 24.7. The average Bonchev–Trinajstić information content (AvgIpc) is 3.20. The molecule has 3 heterocycles. The standard InChI is InChI=1S/C20H24N6O/c1-14-16(10-11-23(2)3)26-19(27)17-18(24(4)20(26)22-14)21-13-25(17)12-15-8-6-5-7-9-15/h5-9,13H,10-12H2,1-4H3. The Kier molecular flexibility index (Phi) is 4.31. The molecular weight excluding hydrogens is 340 g/mol. The van der Waals surface area contributed by atoms with Crippen LogP contribution in [0.2, 0.25) is 0 Å². The van der Waals surface area contributed by atoms with Crippen LogP contribution >= 0.6 is 0 Å². The van der Waals surface area contributed by atoms with Crippen molar-refractivity contribution in [3.05, 3.63) is 64.0 Å². The highest BCUT2D eigenvalue weighted by Gasteiger charge is 2.19. The molecule has 4 rings (SSSR count). The zero-order valence-electron chi connectivity index (χ0n) is 16.2. The summed E-state index contributed by atoms with van der Waals surface area (Å²) < 4.78 is 5.59. The van der Waals surface area contributed by atoms with E-state index in [1.165, 1.54) is 0 Å². The van der Waals surface area contributed by atoms with E-state index in [1.807, 2.05) is 55.4 Å². The van der Waals surface area contributed by atoms with Gasteiger partial charge < -0.3 is 9.47 Å². The van der Waals surface area contributed by atoms with Gasteiger partial charge in [-0.25, -0.2) is 14.4 Å². The number of benzene rings is 1. The van der Waals surface area contributed by atoms with Crippen LogP contribution in [0, 0.1) is 6.92 Å². The molecule has 0 unspecified atom stereocenters. The Labute approximate surface area is 157 Å². The molecule has 0 atom stereocenters. The summed E-state index contributed by atoms with van der Waals surface area (Å²) in [5.74, 6) is 0.642. The Morgan fingerprint density at radius 3 is 2.59 bits per heavy atom. The third-order valence-electron chi connectivity index (χ3n) is 4.99. The van der Waals surface area contributed by atoms with E-state index in [1.54, 1.807) is 10.7 Å². The summed E-state index contributed by atoms with van der Waals surface area (Å²) in [5, 5.41) is 0. The zero-order valence-corrected chi connectivity index (χ0v) is 16.2. The van der Waals surface area contributed by atoms with Crippen LogP contribution in [-0.2, 0) is 20.0 Å². The lowest BCUT2D eigenvalue weighted by molar-refractivity contribution is 0.410. The fraction of sp³-hybridized carbons (Fsp3) is 0.350. The van der Waals surface area contributed by atoms with Crippen LogP contribution in [0.3, 0.4) is 0 Å². The van der Waals surface area contributed by atoms with Gasteiger partial charge in [0.1, 0.15) is 0 Å². The van der Waals surface area contributed by atoms with E-state index in [0.717, 1.165) is 29.9 Å². The molecule has 0 spiro atoms. The second kappa shape index (κ2) is 6.66. The molecule has 7 heteroatoms. The Morgan fingerprint density at radius 1 is 1.15 bits per heavy atom. The number of rotatable bonds is 5. The molecule has 0 radical (unpaired) electrons. The van der Waals surface area contributed by atoms with Crippen LogP contribution in [0.25, 0.3) is 16.9 Å². The lowest BCUT2D eigenvalue weighted by Gasteiger charge is -2.11. The van der Waals surface area contributed by atoms with Crippen molar-refractivity contribution in [3.8, 4) is 0 Å². The van der Waals surface area contributed by atoms with E-state index in [9.17, 15) is 4.79 Å². The summed E-state index contributed by atoms with van der Waals surface area (Å²) in [6.45, 7) is 3.44. The highest BCUT2D eigenvalue weighted by molar-refractivity contribution is 5.73. The van der Waals surface area contributed by atoms with Crippen LogP contribution in [0.4, 0.5) is 0 Å². The molecule has 0 bridgehead atoms. The topological polar surface area (TPSA) is 60.4 Å². The summed E-state index contributed by atoms with van der Waals surface area (Å²) >= 11 is 0. The molecule has 140 valence electrons. The maximum atomic E-state index is 13.4. The predicted octanol–water partition coefficient (Wildman–Crippen LogP) is 1.84. The maximum absolute atomic E-state index is 13.4. The van der Waals surface area contributed by atoms with Crippen LogP contribution in [-0.4, -0.2) is 49.0 Å². The van der Waals surface area contributed by atoms with Crippen LogP contribution in [0.15, 0.2) is 41.5 Å². The minimum Gasteiger partial charge on any atom is -0.320 e. The minimum absolute atomic E-state index is 0.0547. The molecule has 0 aliphatic heterocycles. The summed E-state index contributed by atoms with van der Waals surface area (Å²) in [6.07, 6.45) is 2.51. The van der Waals surface area contributed by atoms with Gasteiger partial charge in [0.2, 0.25) is 5.78 Å². The van der Waals surface area contributed by atoms with E-state index < -0.39 is 0 Å². The third kappa shape index (κ3) is 2.94. The third-order valence-corrected chi connectivity index (χ3v) is 4.99. The monoisotopic (exact) mass is 364 g/mol. The summed E-state index contributed by atoms with van der Waals surface area (Å²) in [5.41, 5.74) is 4.21. The van der Waals surface area contributed by atoms with Crippen molar-refractivity contribution in [1.29, 1.82) is 0 Å². The first kappa shape index (κ1) is 17.5. The number of aryl methyl sites for hydroxylation is 2. The number of nitrogens with zero attached hydrogens (tertiary/aromatic N) is 6. The molecule has 4 aromatic rings. The van der Waals surface area contributed by atoms with Gasteiger partial charge in [0.05, 0.1) is 17.7 Å². The normalized spacial score (nSPS) is 11.9. The first-order valence-corrected chi connectivity index (χ1v) is 9.07. The van der Waals surface area contributed by atoms with Crippen molar-refractivity contribution >= 4 is 16.9 Å². The van der Waals surface area contributed by atoms with Crippen LogP contribution in [0.5, 0.6) is 0 Å². The number of fused-ring (bicyclic) bond motifs is 2. The number of aromatic nitrogens is 5. The molecule has 0 fully saturated rings. The first-order chi connectivity index (χ1) is 13.0. The molecule has 0 saturated heterocycles. The number of hydrogen-bond donors (Lipinski definition) is 0. The van der Waals surface area contributed by atoms with Crippen LogP contribution < -0.4 is 5.56 Å². The van der Waals surface area contributed by atoms with E-state index in [0.29, 0.717) is 23.5 Å². The van der Waals surface area contributed by atoms with Gasteiger partial charge in [-0.3, -0.25) is 9.36 Å². The van der Waals surface area contributed by atoms with Gasteiger partial charge in [-0.05, 0) is 26.6 Å². The molecule has 7 nitrogen and oxygen atoms in total. The number of imidazole rings is 2. The van der Waals surface area contributed by atoms with Gasteiger partial charge >= 0.3 is 0 Å². The summed E-state index contributed by atoms with van der Waals surface area (Å²) in [7, 11) is 5.98. The van der Waals surface area contributed by atoms with E-state index in [-0.39, 0.29) is 5.56 Å². The highest BCUT2D eigenvalue weighted by atomic mass is 16.1. The fourth-order valence-electron chi connectivity index (χ4n) is 3.54. The molecule has 0 N–H and O–H groups in total. The van der Waals surface area contributed by atoms with Crippen molar-refractivity contribution in [2.45, 2.75) is 19.9 Å². The second-order valence-electron chi connectivity index (χ2n) is 7.23. The first-order valence-electron chi connectivity index (χ1n) is 9.07. The average molecular weight is 364 g/mol. The van der Waals surface area contributed by atoms with Crippen molar-refractivity contribution < 1.29 is 0 Å². The van der Waals surface area contributed by atoms with Gasteiger partial charge in [0, 0.05) is 26.6 Å². The number of hydrogen-bond acceptors (Lipinski definition) is 4. The molecule has 0 aliphatic carbocycles. The maximum Gasteiger partial charge on any atom is 0.285 e. The number of likely N-dealkylation sites (N-methyl/N-ethyl adjacent to an activating group) is 1. The van der Waals surface area contributed by atoms with Crippen molar-refractivity contribution in [2.24, 2.45) is 7.05 Å². The smallest absolute Gasteiger partial charge is 0.285 e. The molecular formula is C20H24N6O. The molecule has 27 heavy (non-hydrogen) atoms. The lowest BCUT2D eigenvalue weighted by Crippen LogP contribution is -2.23. The van der Waals surface area contributed by atoms with E-state index in [4.69, 9.17) is 0 Å². The summed E-state index contributed by atoms with van der Waals surface area (Å²) in [6, 6.07) is 10.1. The van der Waals surface area contributed by atoms with E-state index >= 15 is 0 Å². The van der Waals surface area contributed by atoms with Gasteiger partial charge in [0.25, 0.3) is 5.56 Å². The molecule has 0 saturated carbocycles.